The van der Waals surface area contributed by atoms with Gasteiger partial charge in [-0.25, -0.2) is 0 Å². The second kappa shape index (κ2) is 3.18. The number of hydrogen-bond acceptors (Lipinski definition) is 2. The maximum Gasteiger partial charge on any atom is 0.0723 e. The van der Waals surface area contributed by atoms with E-state index in [1.54, 1.807) is 0 Å². The Morgan fingerprint density at radius 2 is 2.33 bits per heavy atom. The van der Waals surface area contributed by atoms with Crippen LogP contribution in [-0.4, -0.2) is 18.8 Å². The Morgan fingerprint density at radius 3 is 2.67 bits per heavy atom. The van der Waals surface area contributed by atoms with Crippen LogP contribution in [-0.2, 0) is 4.74 Å². The molecule has 0 aliphatic carbocycles. The maximum atomic E-state index is 5.64. The first-order chi connectivity index (χ1) is 4.30. The molecule has 1 heterocycles. The summed E-state index contributed by atoms with van der Waals surface area (Å²) in [6, 6.07) is 0.213. The smallest absolute Gasteiger partial charge is 0.0723 e. The third-order valence-electron chi connectivity index (χ3n) is 1.80. The van der Waals surface area contributed by atoms with E-state index in [2.05, 4.69) is 0 Å². The van der Waals surface area contributed by atoms with Crippen molar-refractivity contribution in [3.63, 3.8) is 0 Å². The van der Waals surface area contributed by atoms with Crippen LogP contribution in [0.5, 0.6) is 0 Å². The first-order valence-corrected chi connectivity index (χ1v) is 3.68. The molecular formula is C7H15NO. The highest BCUT2D eigenvalue weighted by Crippen LogP contribution is 2.13. The summed E-state index contributed by atoms with van der Waals surface area (Å²) in [6.45, 7) is 2.92. The molecule has 1 rings (SSSR count). The minimum Gasteiger partial charge on any atom is -0.377 e. The molecular weight excluding hydrogens is 114 g/mol. The first-order valence-electron chi connectivity index (χ1n) is 3.68. The maximum absolute atomic E-state index is 5.64. The van der Waals surface area contributed by atoms with Gasteiger partial charge in [0.15, 0.2) is 0 Å². The normalized spacial score (nSPS) is 32.0. The van der Waals surface area contributed by atoms with Crippen LogP contribution in [0.4, 0.5) is 0 Å². The van der Waals surface area contributed by atoms with Crippen molar-refractivity contribution in [3.05, 3.63) is 0 Å². The quantitative estimate of drug-likeness (QED) is 0.571. The van der Waals surface area contributed by atoms with E-state index in [1.165, 1.54) is 12.8 Å². The van der Waals surface area contributed by atoms with Crippen molar-refractivity contribution in [2.45, 2.75) is 38.3 Å². The SMILES string of the molecule is C[C@H](N)[C@@H]1CCCCO1. The van der Waals surface area contributed by atoms with Gasteiger partial charge in [-0.3, -0.25) is 0 Å². The molecule has 0 unspecified atom stereocenters. The van der Waals surface area contributed by atoms with Crippen molar-refractivity contribution in [3.8, 4) is 0 Å². The zero-order chi connectivity index (χ0) is 6.69. The highest BCUT2D eigenvalue weighted by Gasteiger charge is 2.16. The summed E-state index contributed by atoms with van der Waals surface area (Å²) < 4.78 is 5.41. The molecule has 0 aromatic heterocycles. The van der Waals surface area contributed by atoms with E-state index >= 15 is 0 Å². The van der Waals surface area contributed by atoms with Gasteiger partial charge in [0.25, 0.3) is 0 Å². The van der Waals surface area contributed by atoms with Crippen LogP contribution in [0, 0.1) is 0 Å². The molecule has 2 atom stereocenters. The minimum absolute atomic E-state index is 0.213. The fraction of sp³-hybridized carbons (Fsp3) is 1.00. The third kappa shape index (κ3) is 1.95. The molecule has 0 spiro atoms. The van der Waals surface area contributed by atoms with Gasteiger partial charge in [0.05, 0.1) is 6.10 Å². The van der Waals surface area contributed by atoms with Crippen LogP contribution in [0.3, 0.4) is 0 Å². The Morgan fingerprint density at radius 1 is 1.56 bits per heavy atom. The molecule has 2 N–H and O–H groups in total. The Bertz CT molecular complexity index is 77.0. The lowest BCUT2D eigenvalue weighted by atomic mass is 10.0. The predicted molar refractivity (Wildman–Crippen MR) is 37.2 cm³/mol. The van der Waals surface area contributed by atoms with Gasteiger partial charge >= 0.3 is 0 Å². The lowest BCUT2D eigenvalue weighted by molar-refractivity contribution is 0.00403. The summed E-state index contributed by atoms with van der Waals surface area (Å²) in [6.07, 6.45) is 3.98. The Labute approximate surface area is 56.4 Å². The zero-order valence-corrected chi connectivity index (χ0v) is 5.97. The van der Waals surface area contributed by atoms with E-state index in [0.717, 1.165) is 13.0 Å². The van der Waals surface area contributed by atoms with Crippen LogP contribution in [0.15, 0.2) is 0 Å². The van der Waals surface area contributed by atoms with Crippen molar-refractivity contribution < 1.29 is 4.74 Å². The van der Waals surface area contributed by atoms with Gasteiger partial charge < -0.3 is 10.5 Å². The molecule has 0 saturated carbocycles. The molecule has 2 nitrogen and oxygen atoms in total. The highest BCUT2D eigenvalue weighted by atomic mass is 16.5. The second-order valence-corrected chi connectivity index (χ2v) is 2.76. The molecule has 0 aromatic rings. The van der Waals surface area contributed by atoms with Crippen molar-refractivity contribution in [2.75, 3.05) is 6.61 Å². The summed E-state index contributed by atoms with van der Waals surface area (Å²) in [5.41, 5.74) is 5.64. The van der Waals surface area contributed by atoms with Crippen molar-refractivity contribution in [1.82, 2.24) is 0 Å². The topological polar surface area (TPSA) is 35.2 Å². The zero-order valence-electron chi connectivity index (χ0n) is 5.97. The van der Waals surface area contributed by atoms with Gasteiger partial charge in [-0.1, -0.05) is 0 Å². The highest BCUT2D eigenvalue weighted by molar-refractivity contribution is 4.71. The minimum atomic E-state index is 0.213. The summed E-state index contributed by atoms with van der Waals surface area (Å²) in [7, 11) is 0. The molecule has 1 aliphatic rings. The first kappa shape index (κ1) is 7.03. The second-order valence-electron chi connectivity index (χ2n) is 2.76. The van der Waals surface area contributed by atoms with E-state index < -0.39 is 0 Å². The van der Waals surface area contributed by atoms with Gasteiger partial charge in [0, 0.05) is 12.6 Å². The predicted octanol–water partition coefficient (Wildman–Crippen LogP) is 0.903. The molecule has 1 aliphatic heterocycles. The third-order valence-corrected chi connectivity index (χ3v) is 1.80. The van der Waals surface area contributed by atoms with E-state index in [0.29, 0.717) is 6.10 Å². The van der Waals surface area contributed by atoms with E-state index in [4.69, 9.17) is 10.5 Å². The lowest BCUT2D eigenvalue weighted by Crippen LogP contribution is -2.36. The molecule has 54 valence electrons. The standard InChI is InChI=1S/C7H15NO/c1-6(8)7-4-2-3-5-9-7/h6-7H,2-5,8H2,1H3/t6-,7-/m0/s1. The van der Waals surface area contributed by atoms with Crippen LogP contribution in [0.1, 0.15) is 26.2 Å². The fourth-order valence-electron chi connectivity index (χ4n) is 1.18. The Balaban J connectivity index is 2.23. The molecule has 2 heteroatoms. The molecule has 0 radical (unpaired) electrons. The Hall–Kier alpha value is -0.0800. The average molecular weight is 129 g/mol. The molecule has 0 amide bonds. The van der Waals surface area contributed by atoms with Crippen LogP contribution in [0.2, 0.25) is 0 Å². The largest absolute Gasteiger partial charge is 0.377 e. The molecule has 0 bridgehead atoms. The lowest BCUT2D eigenvalue weighted by Gasteiger charge is -2.25. The molecule has 1 fully saturated rings. The molecule has 9 heavy (non-hydrogen) atoms. The van der Waals surface area contributed by atoms with Crippen molar-refractivity contribution in [1.29, 1.82) is 0 Å². The summed E-state index contributed by atoms with van der Waals surface area (Å²) in [5, 5.41) is 0. The van der Waals surface area contributed by atoms with Crippen LogP contribution in [0.25, 0.3) is 0 Å². The Kier molecular flexibility index (Phi) is 2.49. The van der Waals surface area contributed by atoms with Crippen LogP contribution < -0.4 is 5.73 Å². The number of nitrogens with two attached hydrogens (primary N) is 1. The van der Waals surface area contributed by atoms with Gasteiger partial charge in [-0.05, 0) is 26.2 Å². The van der Waals surface area contributed by atoms with Gasteiger partial charge in [-0.2, -0.15) is 0 Å². The van der Waals surface area contributed by atoms with Gasteiger partial charge in [0.1, 0.15) is 0 Å². The summed E-state index contributed by atoms with van der Waals surface area (Å²) in [5.74, 6) is 0. The number of hydrogen-bond donors (Lipinski definition) is 1. The van der Waals surface area contributed by atoms with Crippen molar-refractivity contribution in [2.24, 2.45) is 5.73 Å². The van der Waals surface area contributed by atoms with E-state index in [9.17, 15) is 0 Å². The number of ether oxygens (including phenoxy) is 1. The fourth-order valence-corrected chi connectivity index (χ4v) is 1.18. The van der Waals surface area contributed by atoms with E-state index in [1.807, 2.05) is 6.92 Å². The average Bonchev–Trinajstić information content (AvgIpc) is 1.90. The summed E-state index contributed by atoms with van der Waals surface area (Å²) in [4.78, 5) is 0. The van der Waals surface area contributed by atoms with Gasteiger partial charge in [0.2, 0.25) is 0 Å². The van der Waals surface area contributed by atoms with Gasteiger partial charge in [-0.15, -0.1) is 0 Å². The summed E-state index contributed by atoms with van der Waals surface area (Å²) >= 11 is 0. The van der Waals surface area contributed by atoms with Crippen molar-refractivity contribution >= 4 is 0 Å². The van der Waals surface area contributed by atoms with Crippen LogP contribution >= 0.6 is 0 Å². The monoisotopic (exact) mass is 129 g/mol. The molecule has 1 saturated heterocycles. The molecule has 0 aromatic carbocycles. The van der Waals surface area contributed by atoms with E-state index in [-0.39, 0.29) is 6.04 Å². The number of rotatable bonds is 1.